The van der Waals surface area contributed by atoms with Crippen molar-refractivity contribution in [2.45, 2.75) is 6.10 Å². The van der Waals surface area contributed by atoms with Crippen molar-refractivity contribution in [1.82, 2.24) is 0 Å². The highest BCUT2D eigenvalue weighted by molar-refractivity contribution is 7.16. The Bertz CT molecular complexity index is 527. The predicted molar refractivity (Wildman–Crippen MR) is 64.5 cm³/mol. The highest BCUT2D eigenvalue weighted by atomic mass is 35.5. The van der Waals surface area contributed by atoms with Crippen molar-refractivity contribution in [3.63, 3.8) is 0 Å². The molecule has 1 unspecified atom stereocenters. The lowest BCUT2D eigenvalue weighted by molar-refractivity contribution is 0.224. The number of thiophene rings is 1. The van der Waals surface area contributed by atoms with E-state index in [9.17, 15) is 5.11 Å². The first kappa shape index (κ1) is 11.2. The Morgan fingerprint density at radius 2 is 1.88 bits per heavy atom. The van der Waals surface area contributed by atoms with Gasteiger partial charge >= 0.3 is 0 Å². The zero-order valence-corrected chi connectivity index (χ0v) is 9.79. The Labute approximate surface area is 102 Å². The molecule has 0 fully saturated rings. The summed E-state index contributed by atoms with van der Waals surface area (Å²) < 4.78 is 0.655. The Morgan fingerprint density at radius 3 is 2.38 bits per heavy atom. The quantitative estimate of drug-likeness (QED) is 0.887. The van der Waals surface area contributed by atoms with E-state index in [-0.39, 0.29) is 0 Å². The van der Waals surface area contributed by atoms with Crippen LogP contribution in [0.2, 0.25) is 4.34 Å². The maximum Gasteiger partial charge on any atom is 0.113 e. The fourth-order valence-corrected chi connectivity index (χ4v) is 2.45. The smallest absolute Gasteiger partial charge is 0.113 e. The highest BCUT2D eigenvalue weighted by Crippen LogP contribution is 2.30. The van der Waals surface area contributed by atoms with Crippen molar-refractivity contribution < 1.29 is 5.11 Å². The van der Waals surface area contributed by atoms with Crippen molar-refractivity contribution in [2.24, 2.45) is 0 Å². The summed E-state index contributed by atoms with van der Waals surface area (Å²) in [5.74, 6) is 0. The fourth-order valence-electron chi connectivity index (χ4n) is 1.38. The molecule has 0 amide bonds. The van der Waals surface area contributed by atoms with Crippen LogP contribution in [-0.2, 0) is 0 Å². The number of benzene rings is 1. The molecular formula is C12H8ClNOS. The van der Waals surface area contributed by atoms with Gasteiger partial charge in [-0.1, -0.05) is 23.7 Å². The molecule has 80 valence electrons. The number of hydrogen-bond acceptors (Lipinski definition) is 3. The number of nitriles is 1. The highest BCUT2D eigenvalue weighted by Gasteiger charge is 2.12. The number of halogens is 1. The van der Waals surface area contributed by atoms with Crippen LogP contribution in [0.1, 0.15) is 22.1 Å². The summed E-state index contributed by atoms with van der Waals surface area (Å²) >= 11 is 7.16. The minimum Gasteiger partial charge on any atom is -0.383 e. The second kappa shape index (κ2) is 4.67. The van der Waals surface area contributed by atoms with Gasteiger partial charge in [0.05, 0.1) is 16.0 Å². The molecule has 0 radical (unpaired) electrons. The summed E-state index contributed by atoms with van der Waals surface area (Å²) in [4.78, 5) is 0.801. The molecule has 1 N–H and O–H groups in total. The van der Waals surface area contributed by atoms with Crippen LogP contribution < -0.4 is 0 Å². The molecule has 0 aliphatic heterocycles. The predicted octanol–water partition coefficient (Wildman–Crippen LogP) is 3.35. The van der Waals surface area contributed by atoms with Gasteiger partial charge < -0.3 is 5.11 Å². The molecule has 2 aromatic rings. The minimum absolute atomic E-state index is 0.583. The third-order valence-electron chi connectivity index (χ3n) is 2.22. The topological polar surface area (TPSA) is 44.0 Å². The van der Waals surface area contributed by atoms with Gasteiger partial charge in [0.1, 0.15) is 6.10 Å². The summed E-state index contributed by atoms with van der Waals surface area (Å²) in [5, 5.41) is 18.7. The molecule has 0 bridgehead atoms. The van der Waals surface area contributed by atoms with Crippen LogP contribution in [0, 0.1) is 11.3 Å². The van der Waals surface area contributed by atoms with Crippen LogP contribution in [0.15, 0.2) is 36.4 Å². The van der Waals surface area contributed by atoms with Crippen LogP contribution in [0.4, 0.5) is 0 Å². The third kappa shape index (κ3) is 2.25. The maximum absolute atomic E-state index is 10.0. The maximum atomic E-state index is 10.0. The normalized spacial score (nSPS) is 12.1. The van der Waals surface area contributed by atoms with Crippen LogP contribution in [0.3, 0.4) is 0 Å². The van der Waals surface area contributed by atoms with Crippen molar-refractivity contribution in [1.29, 1.82) is 5.26 Å². The number of rotatable bonds is 2. The van der Waals surface area contributed by atoms with Gasteiger partial charge in [0, 0.05) is 4.88 Å². The minimum atomic E-state index is -0.676. The SMILES string of the molecule is N#Cc1ccc(C(O)c2ccc(Cl)s2)cc1. The van der Waals surface area contributed by atoms with E-state index in [0.717, 1.165) is 10.4 Å². The molecule has 0 aliphatic carbocycles. The van der Waals surface area contributed by atoms with Crippen LogP contribution in [0.5, 0.6) is 0 Å². The summed E-state index contributed by atoms with van der Waals surface area (Å²) in [5.41, 5.74) is 1.35. The van der Waals surface area contributed by atoms with E-state index >= 15 is 0 Å². The van der Waals surface area contributed by atoms with Gasteiger partial charge in [0.25, 0.3) is 0 Å². The molecule has 2 rings (SSSR count). The van der Waals surface area contributed by atoms with E-state index in [0.29, 0.717) is 9.90 Å². The molecule has 1 aromatic carbocycles. The van der Waals surface area contributed by atoms with E-state index in [1.165, 1.54) is 11.3 Å². The average molecular weight is 250 g/mol. The molecule has 1 heterocycles. The molecule has 4 heteroatoms. The fraction of sp³-hybridized carbons (Fsp3) is 0.0833. The molecule has 2 nitrogen and oxygen atoms in total. The molecule has 0 saturated heterocycles. The summed E-state index contributed by atoms with van der Waals surface area (Å²) in [7, 11) is 0. The number of nitrogens with zero attached hydrogens (tertiary/aromatic N) is 1. The Kier molecular flexibility index (Phi) is 3.25. The summed E-state index contributed by atoms with van der Waals surface area (Å²) in [6.07, 6.45) is -0.676. The third-order valence-corrected chi connectivity index (χ3v) is 3.50. The van der Waals surface area contributed by atoms with Gasteiger partial charge in [0.15, 0.2) is 0 Å². The molecule has 1 aromatic heterocycles. The van der Waals surface area contributed by atoms with Gasteiger partial charge in [-0.2, -0.15) is 5.26 Å². The Balaban J connectivity index is 2.27. The van der Waals surface area contributed by atoms with Gasteiger partial charge in [-0.25, -0.2) is 0 Å². The van der Waals surface area contributed by atoms with Crippen molar-refractivity contribution in [3.05, 3.63) is 56.7 Å². The summed E-state index contributed by atoms with van der Waals surface area (Å²) in [6.45, 7) is 0. The monoisotopic (exact) mass is 249 g/mol. The van der Waals surface area contributed by atoms with E-state index in [1.807, 2.05) is 6.07 Å². The van der Waals surface area contributed by atoms with Crippen molar-refractivity contribution in [2.75, 3.05) is 0 Å². The first-order valence-electron chi connectivity index (χ1n) is 4.64. The first-order valence-corrected chi connectivity index (χ1v) is 5.83. The summed E-state index contributed by atoms with van der Waals surface area (Å²) in [6, 6.07) is 12.5. The molecule has 0 spiro atoms. The van der Waals surface area contributed by atoms with Crippen molar-refractivity contribution >= 4 is 22.9 Å². The van der Waals surface area contributed by atoms with Gasteiger partial charge in [-0.05, 0) is 29.8 Å². The van der Waals surface area contributed by atoms with Gasteiger partial charge in [0.2, 0.25) is 0 Å². The largest absolute Gasteiger partial charge is 0.383 e. The molecule has 1 atom stereocenters. The molecule has 0 aliphatic rings. The Morgan fingerprint density at radius 1 is 1.19 bits per heavy atom. The van der Waals surface area contributed by atoms with Crippen LogP contribution in [0.25, 0.3) is 0 Å². The number of hydrogen-bond donors (Lipinski definition) is 1. The number of aliphatic hydroxyl groups excluding tert-OH is 1. The van der Waals surface area contributed by atoms with Crippen molar-refractivity contribution in [3.8, 4) is 6.07 Å². The van der Waals surface area contributed by atoms with E-state index < -0.39 is 6.10 Å². The standard InChI is InChI=1S/C12H8ClNOS/c13-11-6-5-10(16-11)12(15)9-3-1-8(7-14)2-4-9/h1-6,12,15H. The molecular weight excluding hydrogens is 242 g/mol. The average Bonchev–Trinajstić information content (AvgIpc) is 2.75. The van der Waals surface area contributed by atoms with Crippen LogP contribution in [-0.4, -0.2) is 5.11 Å². The van der Waals surface area contributed by atoms with E-state index in [2.05, 4.69) is 0 Å². The second-order valence-corrected chi connectivity index (χ2v) is 5.02. The second-order valence-electron chi connectivity index (χ2n) is 3.28. The lowest BCUT2D eigenvalue weighted by Crippen LogP contribution is -1.96. The zero-order valence-electron chi connectivity index (χ0n) is 8.22. The van der Waals surface area contributed by atoms with Gasteiger partial charge in [-0.3, -0.25) is 0 Å². The van der Waals surface area contributed by atoms with Gasteiger partial charge in [-0.15, -0.1) is 11.3 Å². The lowest BCUT2D eigenvalue weighted by Gasteiger charge is -2.08. The van der Waals surface area contributed by atoms with E-state index in [1.54, 1.807) is 36.4 Å². The molecule has 0 saturated carbocycles. The zero-order chi connectivity index (χ0) is 11.5. The van der Waals surface area contributed by atoms with E-state index in [4.69, 9.17) is 16.9 Å². The Hall–Kier alpha value is -1.34. The molecule has 16 heavy (non-hydrogen) atoms. The first-order chi connectivity index (χ1) is 7.70. The number of aliphatic hydroxyl groups is 1. The van der Waals surface area contributed by atoms with Crippen LogP contribution >= 0.6 is 22.9 Å². The lowest BCUT2D eigenvalue weighted by atomic mass is 10.1.